The first-order chi connectivity index (χ1) is 4.95. The van der Waals surface area contributed by atoms with E-state index in [9.17, 15) is 4.79 Å². The van der Waals surface area contributed by atoms with Crippen LogP contribution >= 0.6 is 12.2 Å². The summed E-state index contributed by atoms with van der Waals surface area (Å²) < 4.78 is 0. The van der Waals surface area contributed by atoms with Crippen LogP contribution in [0, 0.1) is 0 Å². The average Bonchev–Trinajstić information content (AvgIpc) is 1.84. The van der Waals surface area contributed by atoms with Gasteiger partial charge in [0, 0.05) is 21.1 Å². The lowest BCUT2D eigenvalue weighted by Gasteiger charge is -2.23. The van der Waals surface area contributed by atoms with E-state index in [1.54, 1.807) is 26.0 Å². The second kappa shape index (κ2) is 4.12. The van der Waals surface area contributed by atoms with Gasteiger partial charge in [-0.1, -0.05) is 0 Å². The molecule has 0 spiro atoms. The monoisotopic (exact) mass is 176 g/mol. The van der Waals surface area contributed by atoms with Crippen molar-refractivity contribution in [1.29, 1.82) is 0 Å². The van der Waals surface area contributed by atoms with E-state index in [0.717, 1.165) is 0 Å². The van der Waals surface area contributed by atoms with Crippen molar-refractivity contribution in [2.75, 3.05) is 27.7 Å². The molecule has 0 saturated heterocycles. The molecule has 0 saturated carbocycles. The number of carboxylic acid groups (broad SMARTS) is 1. The number of nitrogens with zero attached hydrogens (tertiary/aromatic N) is 2. The third-order valence-corrected chi connectivity index (χ3v) is 1.76. The van der Waals surface area contributed by atoms with Crippen LogP contribution in [0.5, 0.6) is 0 Å². The van der Waals surface area contributed by atoms with E-state index in [4.69, 9.17) is 17.3 Å². The molecule has 0 aliphatic rings. The molecular weight excluding hydrogens is 164 g/mol. The molecule has 0 amide bonds. The zero-order valence-electron chi connectivity index (χ0n) is 6.87. The van der Waals surface area contributed by atoms with Crippen molar-refractivity contribution in [1.82, 2.24) is 9.80 Å². The first-order valence-electron chi connectivity index (χ1n) is 3.09. The van der Waals surface area contributed by atoms with Gasteiger partial charge < -0.3 is 14.9 Å². The Bertz CT molecular complexity index is 170. The second-order valence-electron chi connectivity index (χ2n) is 2.43. The summed E-state index contributed by atoms with van der Waals surface area (Å²) in [6.07, 6.45) is 0. The predicted molar refractivity (Wildman–Crippen MR) is 46.6 cm³/mol. The normalized spacial score (nSPS) is 9.00. The van der Waals surface area contributed by atoms with Crippen LogP contribution in [0.25, 0.3) is 0 Å². The van der Waals surface area contributed by atoms with Gasteiger partial charge in [0.1, 0.15) is 6.54 Å². The fourth-order valence-corrected chi connectivity index (χ4v) is 0.676. The van der Waals surface area contributed by atoms with Crippen molar-refractivity contribution in [3.63, 3.8) is 0 Å². The fraction of sp³-hybridized carbons (Fsp3) is 0.667. The molecule has 0 aromatic carbocycles. The first kappa shape index (κ1) is 10.2. The number of thiocarbonyl (C=S) groups is 1. The maximum atomic E-state index is 10.2. The summed E-state index contributed by atoms with van der Waals surface area (Å²) >= 11 is 4.91. The maximum Gasteiger partial charge on any atom is 0.323 e. The Labute approximate surface area is 71.4 Å². The molecule has 0 aromatic rings. The summed E-state index contributed by atoms with van der Waals surface area (Å²) in [7, 11) is 5.21. The van der Waals surface area contributed by atoms with Gasteiger partial charge in [0.25, 0.3) is 0 Å². The highest BCUT2D eigenvalue weighted by molar-refractivity contribution is 7.80. The van der Waals surface area contributed by atoms with Gasteiger partial charge in [0.15, 0.2) is 5.11 Å². The van der Waals surface area contributed by atoms with E-state index >= 15 is 0 Å². The van der Waals surface area contributed by atoms with Gasteiger partial charge in [-0.25, -0.2) is 0 Å². The molecule has 1 N–H and O–H groups in total. The van der Waals surface area contributed by atoms with Crippen molar-refractivity contribution < 1.29 is 9.90 Å². The van der Waals surface area contributed by atoms with Crippen LogP contribution in [0.3, 0.4) is 0 Å². The molecule has 0 aromatic heterocycles. The topological polar surface area (TPSA) is 43.8 Å². The number of likely N-dealkylation sites (N-methyl/N-ethyl adjacent to an activating group) is 1. The van der Waals surface area contributed by atoms with E-state index < -0.39 is 5.97 Å². The number of carboxylic acids is 1. The van der Waals surface area contributed by atoms with Gasteiger partial charge in [-0.2, -0.15) is 0 Å². The predicted octanol–water partition coefficient (Wildman–Crippen LogP) is -0.151. The minimum Gasteiger partial charge on any atom is -0.480 e. The van der Waals surface area contributed by atoms with Gasteiger partial charge in [-0.05, 0) is 12.2 Å². The lowest BCUT2D eigenvalue weighted by molar-refractivity contribution is -0.137. The Morgan fingerprint density at radius 1 is 1.45 bits per heavy atom. The van der Waals surface area contributed by atoms with Gasteiger partial charge in [0.2, 0.25) is 0 Å². The van der Waals surface area contributed by atoms with Gasteiger partial charge in [-0.3, -0.25) is 4.79 Å². The molecule has 4 nitrogen and oxygen atoms in total. The van der Waals surface area contributed by atoms with Crippen LogP contribution in [-0.2, 0) is 4.79 Å². The summed E-state index contributed by atoms with van der Waals surface area (Å²) in [4.78, 5) is 13.4. The van der Waals surface area contributed by atoms with Gasteiger partial charge >= 0.3 is 5.97 Å². The average molecular weight is 176 g/mol. The molecule has 0 rings (SSSR count). The second-order valence-corrected chi connectivity index (χ2v) is 2.79. The zero-order chi connectivity index (χ0) is 9.02. The third-order valence-electron chi connectivity index (χ3n) is 1.08. The van der Waals surface area contributed by atoms with E-state index in [-0.39, 0.29) is 6.54 Å². The Morgan fingerprint density at radius 3 is 2.18 bits per heavy atom. The van der Waals surface area contributed by atoms with E-state index in [0.29, 0.717) is 5.11 Å². The van der Waals surface area contributed by atoms with E-state index in [1.807, 2.05) is 0 Å². The van der Waals surface area contributed by atoms with E-state index in [2.05, 4.69) is 0 Å². The number of carbonyl (C=O) groups is 1. The molecule has 0 radical (unpaired) electrons. The molecule has 64 valence electrons. The van der Waals surface area contributed by atoms with Crippen molar-refractivity contribution in [3.8, 4) is 0 Å². The minimum atomic E-state index is -0.878. The number of aliphatic carboxylic acids is 1. The Kier molecular flexibility index (Phi) is 3.81. The molecule has 0 unspecified atom stereocenters. The van der Waals surface area contributed by atoms with Crippen LogP contribution in [-0.4, -0.2) is 53.7 Å². The summed E-state index contributed by atoms with van der Waals surface area (Å²) in [5.74, 6) is -0.878. The molecule has 0 bridgehead atoms. The van der Waals surface area contributed by atoms with Crippen molar-refractivity contribution >= 4 is 23.3 Å². The Morgan fingerprint density at radius 2 is 1.91 bits per heavy atom. The van der Waals surface area contributed by atoms with Crippen LogP contribution in [0.15, 0.2) is 0 Å². The lowest BCUT2D eigenvalue weighted by atomic mass is 10.6. The maximum absolute atomic E-state index is 10.2. The largest absolute Gasteiger partial charge is 0.480 e. The van der Waals surface area contributed by atoms with Crippen LogP contribution < -0.4 is 0 Å². The number of rotatable bonds is 2. The standard InChI is InChI=1S/C6H12N2O2S/c1-7(2)6(11)8(3)4-5(9)10/h4H2,1-3H3,(H,9,10). The van der Waals surface area contributed by atoms with Crippen LogP contribution in [0.4, 0.5) is 0 Å². The third kappa shape index (κ3) is 3.77. The fourth-order valence-electron chi connectivity index (χ4n) is 0.612. The molecule has 5 heteroatoms. The minimum absolute atomic E-state index is 0.0585. The number of hydrogen-bond donors (Lipinski definition) is 1. The molecule has 0 fully saturated rings. The quantitative estimate of drug-likeness (QED) is 0.593. The molecular formula is C6H12N2O2S. The molecule has 11 heavy (non-hydrogen) atoms. The molecule has 0 heterocycles. The summed E-state index contributed by atoms with van der Waals surface area (Å²) in [5.41, 5.74) is 0. The SMILES string of the molecule is CN(C)C(=S)N(C)CC(=O)O. The van der Waals surface area contributed by atoms with Crippen LogP contribution in [0.2, 0.25) is 0 Å². The smallest absolute Gasteiger partial charge is 0.323 e. The highest BCUT2D eigenvalue weighted by atomic mass is 32.1. The van der Waals surface area contributed by atoms with Crippen molar-refractivity contribution in [3.05, 3.63) is 0 Å². The first-order valence-corrected chi connectivity index (χ1v) is 3.50. The summed E-state index contributed by atoms with van der Waals surface area (Å²) in [5, 5.41) is 8.92. The highest BCUT2D eigenvalue weighted by Gasteiger charge is 2.08. The molecule has 0 atom stereocenters. The number of hydrogen-bond acceptors (Lipinski definition) is 2. The van der Waals surface area contributed by atoms with Crippen molar-refractivity contribution in [2.24, 2.45) is 0 Å². The van der Waals surface area contributed by atoms with Gasteiger partial charge in [0.05, 0.1) is 0 Å². The Hall–Kier alpha value is -0.840. The van der Waals surface area contributed by atoms with Crippen LogP contribution in [0.1, 0.15) is 0 Å². The molecule has 0 aliphatic heterocycles. The van der Waals surface area contributed by atoms with Gasteiger partial charge in [-0.15, -0.1) is 0 Å². The lowest BCUT2D eigenvalue weighted by Crippen LogP contribution is -2.39. The molecule has 0 aliphatic carbocycles. The highest BCUT2D eigenvalue weighted by Crippen LogP contribution is 1.90. The Balaban J connectivity index is 3.93. The van der Waals surface area contributed by atoms with E-state index in [1.165, 1.54) is 4.90 Å². The van der Waals surface area contributed by atoms with Crippen molar-refractivity contribution in [2.45, 2.75) is 0 Å². The summed E-state index contributed by atoms with van der Waals surface area (Å²) in [6, 6.07) is 0. The summed E-state index contributed by atoms with van der Waals surface area (Å²) in [6.45, 7) is -0.0585. The zero-order valence-corrected chi connectivity index (χ0v) is 7.68.